The minimum atomic E-state index is 0.0427. The van der Waals surface area contributed by atoms with Gasteiger partial charge in [-0.3, -0.25) is 4.79 Å². The topological polar surface area (TPSA) is 26.3 Å². The van der Waals surface area contributed by atoms with Crippen LogP contribution in [0.3, 0.4) is 0 Å². The van der Waals surface area contributed by atoms with Crippen LogP contribution in [0.5, 0.6) is 5.75 Å². The lowest BCUT2D eigenvalue weighted by molar-refractivity contribution is 0.101. The minimum Gasteiger partial charge on any atom is -0.497 e. The molecule has 2 aromatic rings. The van der Waals surface area contributed by atoms with Crippen LogP contribution < -0.4 is 4.74 Å². The summed E-state index contributed by atoms with van der Waals surface area (Å²) in [5, 5.41) is 0. The lowest BCUT2D eigenvalue weighted by Crippen LogP contribution is -1.94. The van der Waals surface area contributed by atoms with Crippen molar-refractivity contribution in [1.82, 2.24) is 0 Å². The maximum atomic E-state index is 11.4. The van der Waals surface area contributed by atoms with Gasteiger partial charge in [0.1, 0.15) is 5.75 Å². The van der Waals surface area contributed by atoms with Crippen LogP contribution in [0.2, 0.25) is 0 Å². The molecule has 0 radical (unpaired) electrons. The Morgan fingerprint density at radius 1 is 1.00 bits per heavy atom. The van der Waals surface area contributed by atoms with Gasteiger partial charge in [0.2, 0.25) is 0 Å². The lowest BCUT2D eigenvalue weighted by atomic mass is 10.0. The molecule has 0 N–H and O–H groups in total. The highest BCUT2D eigenvalue weighted by Crippen LogP contribution is 2.26. The summed E-state index contributed by atoms with van der Waals surface area (Å²) in [6, 6.07) is 15.5. The summed E-state index contributed by atoms with van der Waals surface area (Å²) >= 11 is 0. The molecule has 0 spiro atoms. The first-order valence-electron chi connectivity index (χ1n) is 5.46. The van der Waals surface area contributed by atoms with Crippen molar-refractivity contribution in [3.05, 3.63) is 54.1 Å². The zero-order valence-corrected chi connectivity index (χ0v) is 9.94. The largest absolute Gasteiger partial charge is 0.497 e. The van der Waals surface area contributed by atoms with Crippen molar-refractivity contribution in [3.63, 3.8) is 0 Å². The molecule has 2 rings (SSSR count). The molecule has 0 atom stereocenters. The Balaban J connectivity index is 2.54. The molecule has 86 valence electrons. The van der Waals surface area contributed by atoms with E-state index in [4.69, 9.17) is 4.74 Å². The number of carbonyl (C=O) groups excluding carboxylic acids is 1. The van der Waals surface area contributed by atoms with Gasteiger partial charge in [-0.05, 0) is 36.2 Å². The number of ketones is 1. The molecule has 0 aliphatic carbocycles. The third kappa shape index (κ3) is 2.53. The molecule has 2 aromatic carbocycles. The molecule has 0 fully saturated rings. The smallest absolute Gasteiger partial charge is 0.159 e. The van der Waals surface area contributed by atoms with Gasteiger partial charge < -0.3 is 4.74 Å². The second kappa shape index (κ2) is 4.83. The van der Waals surface area contributed by atoms with E-state index < -0.39 is 0 Å². The molecule has 17 heavy (non-hydrogen) atoms. The summed E-state index contributed by atoms with van der Waals surface area (Å²) in [6.07, 6.45) is 0. The van der Waals surface area contributed by atoms with Crippen molar-refractivity contribution in [2.45, 2.75) is 6.92 Å². The number of ether oxygens (including phenoxy) is 1. The van der Waals surface area contributed by atoms with Crippen LogP contribution in [0.15, 0.2) is 48.5 Å². The summed E-state index contributed by atoms with van der Waals surface area (Å²) < 4.78 is 5.21. The van der Waals surface area contributed by atoms with Crippen molar-refractivity contribution < 1.29 is 9.53 Å². The predicted octanol–water partition coefficient (Wildman–Crippen LogP) is 3.56. The van der Waals surface area contributed by atoms with Gasteiger partial charge in [-0.2, -0.15) is 0 Å². The Hall–Kier alpha value is -2.09. The van der Waals surface area contributed by atoms with E-state index in [-0.39, 0.29) is 5.78 Å². The number of hydrogen-bond acceptors (Lipinski definition) is 2. The number of Topliss-reactive ketones (excluding diaryl/α,β-unsaturated/α-hetero) is 1. The van der Waals surface area contributed by atoms with Crippen LogP contribution >= 0.6 is 0 Å². The molecular formula is C15H14O2. The first kappa shape index (κ1) is 11.4. The molecule has 0 aromatic heterocycles. The second-order valence-electron chi connectivity index (χ2n) is 3.87. The average Bonchev–Trinajstić information content (AvgIpc) is 2.39. The Labute approximate surface area is 101 Å². The SMILES string of the molecule is COc1cc(C(C)=O)cc(-c2ccccc2)c1. The number of carbonyl (C=O) groups is 1. The van der Waals surface area contributed by atoms with Gasteiger partial charge in [-0.1, -0.05) is 30.3 Å². The van der Waals surface area contributed by atoms with Crippen molar-refractivity contribution in [1.29, 1.82) is 0 Å². The second-order valence-corrected chi connectivity index (χ2v) is 3.87. The van der Waals surface area contributed by atoms with E-state index in [1.165, 1.54) is 0 Å². The van der Waals surface area contributed by atoms with Crippen LogP contribution in [0.1, 0.15) is 17.3 Å². The Morgan fingerprint density at radius 2 is 1.71 bits per heavy atom. The first-order chi connectivity index (χ1) is 8.20. The maximum Gasteiger partial charge on any atom is 0.159 e. The van der Waals surface area contributed by atoms with Gasteiger partial charge >= 0.3 is 0 Å². The van der Waals surface area contributed by atoms with Gasteiger partial charge in [0.25, 0.3) is 0 Å². The number of methoxy groups -OCH3 is 1. The zero-order valence-electron chi connectivity index (χ0n) is 9.94. The first-order valence-corrected chi connectivity index (χ1v) is 5.46. The summed E-state index contributed by atoms with van der Waals surface area (Å²) in [5.74, 6) is 0.748. The molecular weight excluding hydrogens is 212 g/mol. The highest BCUT2D eigenvalue weighted by atomic mass is 16.5. The van der Waals surface area contributed by atoms with Crippen molar-refractivity contribution >= 4 is 5.78 Å². The predicted molar refractivity (Wildman–Crippen MR) is 68.4 cm³/mol. The van der Waals surface area contributed by atoms with Gasteiger partial charge in [0.15, 0.2) is 5.78 Å². The van der Waals surface area contributed by atoms with Crippen LogP contribution in [-0.2, 0) is 0 Å². The minimum absolute atomic E-state index is 0.0427. The quantitative estimate of drug-likeness (QED) is 0.748. The van der Waals surface area contributed by atoms with Crippen LogP contribution in [-0.4, -0.2) is 12.9 Å². The summed E-state index contributed by atoms with van der Waals surface area (Å²) in [4.78, 5) is 11.4. The lowest BCUT2D eigenvalue weighted by Gasteiger charge is -2.07. The molecule has 0 heterocycles. The summed E-state index contributed by atoms with van der Waals surface area (Å²) in [5.41, 5.74) is 2.74. The van der Waals surface area contributed by atoms with Crippen molar-refractivity contribution in [2.24, 2.45) is 0 Å². The third-order valence-corrected chi connectivity index (χ3v) is 2.66. The third-order valence-electron chi connectivity index (χ3n) is 2.66. The van der Waals surface area contributed by atoms with E-state index in [2.05, 4.69) is 0 Å². The molecule has 2 nitrogen and oxygen atoms in total. The summed E-state index contributed by atoms with van der Waals surface area (Å²) in [7, 11) is 1.61. The molecule has 0 bridgehead atoms. The van der Waals surface area contributed by atoms with Crippen molar-refractivity contribution in [3.8, 4) is 16.9 Å². The summed E-state index contributed by atoms with van der Waals surface area (Å²) in [6.45, 7) is 1.56. The van der Waals surface area contributed by atoms with E-state index in [9.17, 15) is 4.79 Å². The number of benzene rings is 2. The highest BCUT2D eigenvalue weighted by Gasteiger charge is 2.06. The van der Waals surface area contributed by atoms with Crippen molar-refractivity contribution in [2.75, 3.05) is 7.11 Å². The van der Waals surface area contributed by atoms with Crippen LogP contribution in [0.4, 0.5) is 0 Å². The Kier molecular flexibility index (Phi) is 3.24. The molecule has 2 heteroatoms. The molecule has 0 amide bonds. The molecule has 0 unspecified atom stereocenters. The number of hydrogen-bond donors (Lipinski definition) is 0. The fraction of sp³-hybridized carbons (Fsp3) is 0.133. The highest BCUT2D eigenvalue weighted by molar-refractivity contribution is 5.95. The van der Waals surface area contributed by atoms with E-state index in [0.29, 0.717) is 11.3 Å². The Bertz CT molecular complexity index is 530. The number of rotatable bonds is 3. The zero-order chi connectivity index (χ0) is 12.3. The van der Waals surface area contributed by atoms with Gasteiger partial charge in [0.05, 0.1) is 7.11 Å². The van der Waals surface area contributed by atoms with E-state index in [1.54, 1.807) is 20.1 Å². The average molecular weight is 226 g/mol. The fourth-order valence-corrected chi connectivity index (χ4v) is 1.72. The van der Waals surface area contributed by atoms with Gasteiger partial charge in [-0.15, -0.1) is 0 Å². The van der Waals surface area contributed by atoms with Gasteiger partial charge in [0, 0.05) is 5.56 Å². The standard InChI is InChI=1S/C15H14O2/c1-11(16)13-8-14(10-15(9-13)17-2)12-6-4-3-5-7-12/h3-10H,1-2H3. The molecule has 0 saturated heterocycles. The normalized spacial score (nSPS) is 10.0. The monoisotopic (exact) mass is 226 g/mol. The molecule has 0 aliphatic rings. The van der Waals surface area contributed by atoms with E-state index in [1.807, 2.05) is 42.5 Å². The van der Waals surface area contributed by atoms with Gasteiger partial charge in [-0.25, -0.2) is 0 Å². The Morgan fingerprint density at radius 3 is 2.29 bits per heavy atom. The maximum absolute atomic E-state index is 11.4. The van der Waals surface area contributed by atoms with Crippen LogP contribution in [0.25, 0.3) is 11.1 Å². The fourth-order valence-electron chi connectivity index (χ4n) is 1.72. The molecule has 0 aliphatic heterocycles. The molecule has 0 saturated carbocycles. The van der Waals surface area contributed by atoms with Crippen LogP contribution in [0, 0.1) is 0 Å². The van der Waals surface area contributed by atoms with E-state index >= 15 is 0 Å². The van der Waals surface area contributed by atoms with E-state index in [0.717, 1.165) is 11.1 Å².